The van der Waals surface area contributed by atoms with E-state index in [1.165, 1.54) is 17.0 Å². The number of nitrogens with zero attached hydrogens (tertiary/aromatic N) is 1. The van der Waals surface area contributed by atoms with Crippen molar-refractivity contribution in [2.45, 2.75) is 12.8 Å². The zero-order valence-electron chi connectivity index (χ0n) is 16.1. The summed E-state index contributed by atoms with van der Waals surface area (Å²) < 4.78 is 5.19. The summed E-state index contributed by atoms with van der Waals surface area (Å²) in [7, 11) is 1.57. The van der Waals surface area contributed by atoms with Crippen LogP contribution < -0.4 is 9.64 Å². The van der Waals surface area contributed by atoms with Gasteiger partial charge in [-0.15, -0.1) is 0 Å². The quantitative estimate of drug-likeness (QED) is 0.643. The van der Waals surface area contributed by atoms with Crippen LogP contribution in [0.2, 0.25) is 0 Å². The molecule has 0 saturated heterocycles. The Morgan fingerprint density at radius 2 is 1.38 bits per heavy atom. The van der Waals surface area contributed by atoms with Crippen LogP contribution in [0.4, 0.5) is 11.4 Å². The Balaban J connectivity index is 1.99. The molecule has 2 N–H and O–H groups in total. The normalized spacial score (nSPS) is 11.5. The number of carbonyl (C=O) groups is 2. The largest absolute Gasteiger partial charge is 0.508 e. The number of phenols is 1. The van der Waals surface area contributed by atoms with E-state index in [2.05, 4.69) is 0 Å². The third-order valence-corrected chi connectivity index (χ3v) is 4.67. The average molecular weight is 391 g/mol. The van der Waals surface area contributed by atoms with E-state index in [4.69, 9.17) is 9.84 Å². The molecule has 0 aliphatic carbocycles. The third-order valence-electron chi connectivity index (χ3n) is 4.67. The van der Waals surface area contributed by atoms with Gasteiger partial charge in [-0.1, -0.05) is 12.1 Å². The number of benzene rings is 3. The first kappa shape index (κ1) is 19.9. The van der Waals surface area contributed by atoms with Gasteiger partial charge in [0.25, 0.3) is 5.91 Å². The minimum atomic E-state index is -0.923. The van der Waals surface area contributed by atoms with Crippen molar-refractivity contribution in [2.75, 3.05) is 12.0 Å². The van der Waals surface area contributed by atoms with Crippen LogP contribution >= 0.6 is 0 Å². The van der Waals surface area contributed by atoms with Crippen LogP contribution in [0.25, 0.3) is 0 Å². The molecule has 29 heavy (non-hydrogen) atoms. The van der Waals surface area contributed by atoms with Gasteiger partial charge >= 0.3 is 5.97 Å². The van der Waals surface area contributed by atoms with E-state index in [0.717, 1.165) is 0 Å². The van der Waals surface area contributed by atoms with Crippen LogP contribution in [-0.2, 0) is 4.79 Å². The minimum absolute atomic E-state index is 0.0999. The lowest BCUT2D eigenvalue weighted by molar-refractivity contribution is -0.138. The summed E-state index contributed by atoms with van der Waals surface area (Å²) in [5, 5.41) is 18.8. The second-order valence-corrected chi connectivity index (χ2v) is 6.54. The van der Waals surface area contributed by atoms with Gasteiger partial charge in [0.15, 0.2) is 0 Å². The number of carboxylic acid groups (broad SMARTS) is 1. The number of carboxylic acids is 1. The van der Waals surface area contributed by atoms with E-state index < -0.39 is 11.9 Å². The maximum atomic E-state index is 13.3. The lowest BCUT2D eigenvalue weighted by atomic mass is 9.99. The SMILES string of the molecule is COc1ccc(N(C(=O)c2ccc(C(C)C(=O)O)cc2)c2ccc(O)cc2)cc1. The number of carbonyl (C=O) groups excluding carboxylic acids is 1. The van der Waals surface area contributed by atoms with Gasteiger partial charge in [0.2, 0.25) is 0 Å². The van der Waals surface area contributed by atoms with Crippen LogP contribution in [0.15, 0.2) is 72.8 Å². The predicted molar refractivity (Wildman–Crippen MR) is 110 cm³/mol. The lowest BCUT2D eigenvalue weighted by Gasteiger charge is -2.23. The molecule has 0 bridgehead atoms. The van der Waals surface area contributed by atoms with Crippen molar-refractivity contribution in [1.29, 1.82) is 0 Å². The molecule has 148 valence electrons. The highest BCUT2D eigenvalue weighted by Crippen LogP contribution is 2.30. The second kappa shape index (κ2) is 8.48. The van der Waals surface area contributed by atoms with Crippen LogP contribution in [0.1, 0.15) is 28.8 Å². The molecule has 0 radical (unpaired) electrons. The molecular formula is C23H21NO5. The minimum Gasteiger partial charge on any atom is -0.508 e. The number of phenolic OH excluding ortho intramolecular Hbond substituents is 1. The number of aliphatic carboxylic acids is 1. The van der Waals surface area contributed by atoms with Crippen molar-refractivity contribution >= 4 is 23.3 Å². The van der Waals surface area contributed by atoms with Gasteiger partial charge in [0, 0.05) is 16.9 Å². The smallest absolute Gasteiger partial charge is 0.310 e. The molecule has 1 atom stereocenters. The van der Waals surface area contributed by atoms with Crippen molar-refractivity contribution in [1.82, 2.24) is 0 Å². The van der Waals surface area contributed by atoms with Gasteiger partial charge in [-0.25, -0.2) is 0 Å². The van der Waals surface area contributed by atoms with Gasteiger partial charge in [0.05, 0.1) is 13.0 Å². The summed E-state index contributed by atoms with van der Waals surface area (Å²) in [6, 6.07) is 19.9. The number of anilines is 2. The second-order valence-electron chi connectivity index (χ2n) is 6.54. The molecule has 0 spiro atoms. The molecule has 3 aromatic rings. The van der Waals surface area contributed by atoms with E-state index in [-0.39, 0.29) is 11.7 Å². The fourth-order valence-electron chi connectivity index (χ4n) is 2.90. The highest BCUT2D eigenvalue weighted by atomic mass is 16.5. The molecule has 6 heteroatoms. The molecule has 1 amide bonds. The Labute approximate surface area is 168 Å². The topological polar surface area (TPSA) is 87.1 Å². The van der Waals surface area contributed by atoms with Crippen LogP contribution in [0.3, 0.4) is 0 Å². The van der Waals surface area contributed by atoms with Gasteiger partial charge in [0.1, 0.15) is 11.5 Å². The van der Waals surface area contributed by atoms with Crippen molar-refractivity contribution in [3.05, 3.63) is 83.9 Å². The molecule has 1 unspecified atom stereocenters. The number of aromatic hydroxyl groups is 1. The van der Waals surface area contributed by atoms with Crippen LogP contribution in [0, 0.1) is 0 Å². The number of ether oxygens (including phenoxy) is 1. The zero-order chi connectivity index (χ0) is 21.0. The first-order chi connectivity index (χ1) is 13.9. The molecule has 0 saturated carbocycles. The van der Waals surface area contributed by atoms with Crippen LogP contribution in [0.5, 0.6) is 11.5 Å². The predicted octanol–water partition coefficient (Wildman–Crippen LogP) is 4.57. The van der Waals surface area contributed by atoms with Crippen molar-refractivity contribution in [3.8, 4) is 11.5 Å². The summed E-state index contributed by atoms with van der Waals surface area (Å²) in [6.07, 6.45) is 0. The Kier molecular flexibility index (Phi) is 5.83. The summed E-state index contributed by atoms with van der Waals surface area (Å²) in [4.78, 5) is 26.0. The molecule has 6 nitrogen and oxygen atoms in total. The van der Waals surface area contributed by atoms with Gasteiger partial charge < -0.3 is 14.9 Å². The first-order valence-electron chi connectivity index (χ1n) is 9.01. The highest BCUT2D eigenvalue weighted by Gasteiger charge is 2.21. The van der Waals surface area contributed by atoms with E-state index in [1.807, 2.05) is 0 Å². The Morgan fingerprint density at radius 3 is 1.86 bits per heavy atom. The Hall–Kier alpha value is -3.80. The number of amides is 1. The van der Waals surface area contributed by atoms with Gasteiger partial charge in [-0.2, -0.15) is 0 Å². The first-order valence-corrected chi connectivity index (χ1v) is 9.01. The van der Waals surface area contributed by atoms with E-state index in [9.17, 15) is 14.7 Å². The van der Waals surface area contributed by atoms with E-state index in [0.29, 0.717) is 28.3 Å². The maximum absolute atomic E-state index is 13.3. The maximum Gasteiger partial charge on any atom is 0.310 e. The Bertz CT molecular complexity index is 995. The number of rotatable bonds is 6. The lowest BCUT2D eigenvalue weighted by Crippen LogP contribution is -2.26. The summed E-state index contributed by atoms with van der Waals surface area (Å²) >= 11 is 0. The monoisotopic (exact) mass is 391 g/mol. The van der Waals surface area contributed by atoms with E-state index in [1.54, 1.807) is 74.7 Å². The third kappa shape index (κ3) is 4.38. The summed E-state index contributed by atoms with van der Waals surface area (Å²) in [6.45, 7) is 1.60. The molecule has 0 aromatic heterocycles. The molecule has 0 heterocycles. The summed E-state index contributed by atoms with van der Waals surface area (Å²) in [5.74, 6) is -1.10. The number of methoxy groups -OCH3 is 1. The molecule has 0 aliphatic rings. The van der Waals surface area contributed by atoms with Crippen molar-refractivity contribution in [2.24, 2.45) is 0 Å². The van der Waals surface area contributed by atoms with Crippen molar-refractivity contribution < 1.29 is 24.5 Å². The fourth-order valence-corrected chi connectivity index (χ4v) is 2.90. The fraction of sp³-hybridized carbons (Fsp3) is 0.130. The van der Waals surface area contributed by atoms with Crippen LogP contribution in [-0.4, -0.2) is 29.2 Å². The number of hydrogen-bond donors (Lipinski definition) is 2. The molecule has 0 fully saturated rings. The average Bonchev–Trinajstić information content (AvgIpc) is 2.75. The highest BCUT2D eigenvalue weighted by molar-refractivity contribution is 6.11. The summed E-state index contributed by atoms with van der Waals surface area (Å²) in [5.41, 5.74) is 2.25. The van der Waals surface area contributed by atoms with Gasteiger partial charge in [-0.05, 0) is 73.2 Å². The Morgan fingerprint density at radius 1 is 0.862 bits per heavy atom. The standard InChI is InChI=1S/C23H21NO5/c1-15(23(27)28)16-3-5-17(6-4-16)22(26)24(18-7-11-20(25)12-8-18)19-9-13-21(29-2)14-10-19/h3-15,25H,1-2H3,(H,27,28). The molecule has 3 rings (SSSR count). The zero-order valence-corrected chi connectivity index (χ0v) is 16.1. The number of hydrogen-bond acceptors (Lipinski definition) is 4. The van der Waals surface area contributed by atoms with E-state index >= 15 is 0 Å². The molecular weight excluding hydrogens is 370 g/mol. The van der Waals surface area contributed by atoms with Gasteiger partial charge in [-0.3, -0.25) is 14.5 Å². The molecule has 0 aliphatic heterocycles. The van der Waals surface area contributed by atoms with Crippen molar-refractivity contribution in [3.63, 3.8) is 0 Å². The molecule has 3 aromatic carbocycles.